The fourth-order valence-corrected chi connectivity index (χ4v) is 5.43. The Morgan fingerprint density at radius 2 is 1.81 bits per heavy atom. The number of rotatable bonds is 6. The van der Waals surface area contributed by atoms with Gasteiger partial charge in [-0.2, -0.15) is 4.31 Å². The molecule has 4 rings (SSSR count). The molecule has 0 aliphatic carbocycles. The average molecular weight is 497 g/mol. The number of halogens is 2. The number of aromatic nitrogens is 2. The number of thioether (sulfide) groups is 1. The van der Waals surface area contributed by atoms with E-state index in [9.17, 15) is 17.6 Å². The topological polar surface area (TPSA) is 96.6 Å². The van der Waals surface area contributed by atoms with E-state index in [1.54, 1.807) is 29.2 Å². The first-order valence-corrected chi connectivity index (χ1v) is 12.4. The van der Waals surface area contributed by atoms with Gasteiger partial charge in [0.05, 0.1) is 10.6 Å². The van der Waals surface area contributed by atoms with E-state index in [-0.39, 0.29) is 48.0 Å². The monoisotopic (exact) mass is 496 g/mol. The van der Waals surface area contributed by atoms with Crippen LogP contribution < -0.4 is 0 Å². The average Bonchev–Trinajstić information content (AvgIpc) is 3.27. The molecule has 12 heteroatoms. The SMILES string of the molecule is O=C(CSc1nnc(-c2cccc(Cl)c2)o1)N1CCN(S(=O)(=O)c2ccc(F)cc2)CC1. The number of nitrogens with zero attached hydrogens (tertiary/aromatic N) is 4. The number of hydrogen-bond donors (Lipinski definition) is 0. The third-order valence-corrected chi connectivity index (χ3v) is 7.79. The number of carbonyl (C=O) groups excluding carboxylic acids is 1. The van der Waals surface area contributed by atoms with Crippen LogP contribution >= 0.6 is 23.4 Å². The molecule has 1 fully saturated rings. The number of hydrogen-bond acceptors (Lipinski definition) is 7. The van der Waals surface area contributed by atoms with Crippen LogP contribution in [-0.2, 0) is 14.8 Å². The van der Waals surface area contributed by atoms with Gasteiger partial charge in [0.15, 0.2) is 0 Å². The summed E-state index contributed by atoms with van der Waals surface area (Å²) in [4.78, 5) is 14.2. The third kappa shape index (κ3) is 5.12. The highest BCUT2D eigenvalue weighted by Crippen LogP contribution is 2.25. The van der Waals surface area contributed by atoms with Crippen molar-refractivity contribution in [2.45, 2.75) is 10.1 Å². The van der Waals surface area contributed by atoms with Gasteiger partial charge in [0, 0.05) is 36.8 Å². The summed E-state index contributed by atoms with van der Waals surface area (Å²) in [5, 5.41) is 8.72. The van der Waals surface area contributed by atoms with Gasteiger partial charge in [-0.3, -0.25) is 4.79 Å². The maximum atomic E-state index is 13.1. The van der Waals surface area contributed by atoms with Gasteiger partial charge in [0.2, 0.25) is 21.8 Å². The van der Waals surface area contributed by atoms with Crippen molar-refractivity contribution in [3.63, 3.8) is 0 Å². The van der Waals surface area contributed by atoms with Crippen LogP contribution in [0.2, 0.25) is 5.02 Å². The minimum absolute atomic E-state index is 0.0288. The fourth-order valence-electron chi connectivity index (χ4n) is 3.15. The van der Waals surface area contributed by atoms with E-state index in [4.69, 9.17) is 16.0 Å². The van der Waals surface area contributed by atoms with Gasteiger partial charge in [-0.15, -0.1) is 10.2 Å². The molecular weight excluding hydrogens is 479 g/mol. The lowest BCUT2D eigenvalue weighted by Gasteiger charge is -2.33. The van der Waals surface area contributed by atoms with Gasteiger partial charge in [-0.1, -0.05) is 29.4 Å². The van der Waals surface area contributed by atoms with Gasteiger partial charge in [0.1, 0.15) is 5.82 Å². The lowest BCUT2D eigenvalue weighted by molar-refractivity contribution is -0.129. The van der Waals surface area contributed by atoms with Crippen LogP contribution in [0.4, 0.5) is 4.39 Å². The second-order valence-electron chi connectivity index (χ2n) is 6.91. The molecule has 0 N–H and O–H groups in total. The Bertz CT molecular complexity index is 1210. The van der Waals surface area contributed by atoms with Crippen LogP contribution in [0.15, 0.2) is 63.1 Å². The number of piperazine rings is 1. The molecule has 0 unspecified atom stereocenters. The summed E-state index contributed by atoms with van der Waals surface area (Å²) in [6, 6.07) is 11.7. The van der Waals surface area contributed by atoms with Crippen molar-refractivity contribution in [3.8, 4) is 11.5 Å². The third-order valence-electron chi connectivity index (χ3n) is 4.84. The Morgan fingerprint density at radius 1 is 1.09 bits per heavy atom. The molecule has 1 aromatic heterocycles. The van der Waals surface area contributed by atoms with Crippen molar-refractivity contribution in [2.75, 3.05) is 31.9 Å². The van der Waals surface area contributed by atoms with Crippen molar-refractivity contribution < 1.29 is 22.0 Å². The minimum atomic E-state index is -3.73. The van der Waals surface area contributed by atoms with Crippen LogP contribution in [0.5, 0.6) is 0 Å². The Labute approximate surface area is 193 Å². The Hall–Kier alpha value is -2.47. The van der Waals surface area contributed by atoms with Crippen LogP contribution in [0.3, 0.4) is 0 Å². The second-order valence-corrected chi connectivity index (χ2v) is 10.2. The maximum Gasteiger partial charge on any atom is 0.277 e. The van der Waals surface area contributed by atoms with Gasteiger partial charge < -0.3 is 9.32 Å². The molecule has 168 valence electrons. The Balaban J connectivity index is 1.30. The summed E-state index contributed by atoms with van der Waals surface area (Å²) in [7, 11) is -3.73. The summed E-state index contributed by atoms with van der Waals surface area (Å²) in [5.74, 6) is -0.266. The zero-order valence-corrected chi connectivity index (χ0v) is 19.0. The molecule has 0 radical (unpaired) electrons. The van der Waals surface area contributed by atoms with E-state index in [2.05, 4.69) is 10.2 Å². The van der Waals surface area contributed by atoms with E-state index < -0.39 is 15.8 Å². The molecule has 3 aromatic rings. The molecule has 2 heterocycles. The maximum absolute atomic E-state index is 13.1. The largest absolute Gasteiger partial charge is 0.411 e. The number of sulfonamides is 1. The van der Waals surface area contributed by atoms with Crippen molar-refractivity contribution in [2.24, 2.45) is 0 Å². The van der Waals surface area contributed by atoms with Crippen molar-refractivity contribution >= 4 is 39.3 Å². The minimum Gasteiger partial charge on any atom is -0.411 e. The van der Waals surface area contributed by atoms with Crippen LogP contribution in [-0.4, -0.2) is 65.7 Å². The van der Waals surface area contributed by atoms with E-state index in [0.717, 1.165) is 23.9 Å². The molecule has 1 saturated heterocycles. The zero-order chi connectivity index (χ0) is 22.7. The Morgan fingerprint density at radius 3 is 2.50 bits per heavy atom. The van der Waals surface area contributed by atoms with Gasteiger partial charge in [-0.25, -0.2) is 12.8 Å². The van der Waals surface area contributed by atoms with Crippen molar-refractivity contribution in [3.05, 3.63) is 59.4 Å². The molecule has 0 saturated carbocycles. The van der Waals surface area contributed by atoms with Gasteiger partial charge in [-0.05, 0) is 42.5 Å². The molecule has 1 amide bonds. The molecule has 32 heavy (non-hydrogen) atoms. The molecule has 8 nitrogen and oxygen atoms in total. The highest BCUT2D eigenvalue weighted by atomic mass is 35.5. The summed E-state index contributed by atoms with van der Waals surface area (Å²) < 4.78 is 45.3. The first-order valence-electron chi connectivity index (χ1n) is 9.59. The van der Waals surface area contributed by atoms with Crippen LogP contribution in [0.25, 0.3) is 11.5 Å². The Kier molecular flexibility index (Phi) is 6.79. The molecule has 1 aliphatic rings. The molecule has 2 aromatic carbocycles. The predicted molar refractivity (Wildman–Crippen MR) is 117 cm³/mol. The number of amides is 1. The predicted octanol–water partition coefficient (Wildman–Crippen LogP) is 3.15. The van der Waals surface area contributed by atoms with E-state index in [0.29, 0.717) is 16.5 Å². The smallest absolute Gasteiger partial charge is 0.277 e. The van der Waals surface area contributed by atoms with Crippen molar-refractivity contribution in [1.29, 1.82) is 0 Å². The lowest BCUT2D eigenvalue weighted by atomic mass is 10.2. The van der Waals surface area contributed by atoms with E-state index in [1.807, 2.05) is 0 Å². The normalized spacial score (nSPS) is 15.1. The van der Waals surface area contributed by atoms with Gasteiger partial charge >= 0.3 is 0 Å². The summed E-state index contributed by atoms with van der Waals surface area (Å²) in [5.41, 5.74) is 0.682. The molecule has 0 atom stereocenters. The van der Waals surface area contributed by atoms with Gasteiger partial charge in [0.25, 0.3) is 5.22 Å². The van der Waals surface area contributed by atoms with Crippen molar-refractivity contribution in [1.82, 2.24) is 19.4 Å². The standard InChI is InChI=1S/C20H18ClFN4O4S2/c21-15-3-1-2-14(12-15)19-23-24-20(30-19)31-13-18(27)25-8-10-26(11-9-25)32(28,29)17-6-4-16(22)5-7-17/h1-7,12H,8-11,13H2. The highest BCUT2D eigenvalue weighted by Gasteiger charge is 2.30. The highest BCUT2D eigenvalue weighted by molar-refractivity contribution is 7.99. The fraction of sp³-hybridized carbons (Fsp3) is 0.250. The summed E-state index contributed by atoms with van der Waals surface area (Å²) in [6.07, 6.45) is 0. The zero-order valence-electron chi connectivity index (χ0n) is 16.6. The first-order chi connectivity index (χ1) is 15.3. The lowest BCUT2D eigenvalue weighted by Crippen LogP contribution is -2.50. The summed E-state index contributed by atoms with van der Waals surface area (Å²) in [6.45, 7) is 0.847. The molecule has 0 bridgehead atoms. The summed E-state index contributed by atoms with van der Waals surface area (Å²) >= 11 is 7.08. The van der Waals surface area contributed by atoms with E-state index in [1.165, 1.54) is 16.4 Å². The van der Waals surface area contributed by atoms with Crippen LogP contribution in [0.1, 0.15) is 0 Å². The number of benzene rings is 2. The van der Waals surface area contributed by atoms with Crippen LogP contribution in [0, 0.1) is 5.82 Å². The number of carbonyl (C=O) groups is 1. The molecule has 1 aliphatic heterocycles. The second kappa shape index (κ2) is 9.57. The quantitative estimate of drug-likeness (QED) is 0.483. The first kappa shape index (κ1) is 22.7. The van der Waals surface area contributed by atoms with E-state index >= 15 is 0 Å². The molecule has 0 spiro atoms. The molecular formula is C20H18ClFN4O4S2.